The molecule has 0 aromatic heterocycles. The molecule has 38 valence electrons. The molecule has 0 fully saturated rings. The molecule has 2 heteroatoms. The van der Waals surface area contributed by atoms with E-state index in [1.54, 1.807) is 6.92 Å². The van der Waals surface area contributed by atoms with E-state index in [1.807, 2.05) is 0 Å². The van der Waals surface area contributed by atoms with E-state index < -0.39 is 0 Å². The van der Waals surface area contributed by atoms with Crippen LogP contribution in [0.25, 0.3) is 0 Å². The minimum absolute atomic E-state index is 0.000000000000000222. The van der Waals surface area contributed by atoms with Gasteiger partial charge >= 0.3 is 0 Å². The molecule has 0 aromatic rings. The number of halogens is 1. The van der Waals surface area contributed by atoms with Crippen molar-refractivity contribution in [1.29, 1.82) is 0 Å². The van der Waals surface area contributed by atoms with Crippen LogP contribution >= 0.6 is 24.2 Å². The Morgan fingerprint density at radius 1 is 1.67 bits per heavy atom. The molecule has 6 heavy (non-hydrogen) atoms. The number of rotatable bonds is 0. The zero-order valence-electron chi connectivity index (χ0n) is 3.82. The van der Waals surface area contributed by atoms with E-state index in [-0.39, 0.29) is 4.71 Å². The van der Waals surface area contributed by atoms with Gasteiger partial charge in [0, 0.05) is 0 Å². The van der Waals surface area contributed by atoms with Crippen molar-refractivity contribution in [3.63, 3.8) is 0 Å². The average molecular weight is 125 g/mol. The summed E-state index contributed by atoms with van der Waals surface area (Å²) in [5, 5.41) is 0. The van der Waals surface area contributed by atoms with Crippen molar-refractivity contribution in [2.24, 2.45) is 0 Å². The van der Waals surface area contributed by atoms with Crippen molar-refractivity contribution in [2.75, 3.05) is 0 Å². The molecule has 0 aliphatic heterocycles. The monoisotopic (exact) mass is 124 g/mol. The lowest BCUT2D eigenvalue weighted by molar-refractivity contribution is 1.42. The van der Waals surface area contributed by atoms with E-state index in [0.29, 0.717) is 0 Å². The third kappa shape index (κ3) is 347. The standard InChI is InChI=1S/C2H5ClS.C2H4/c1-2(3)4;1-2/h2,4H,1H3;1-2H2. The summed E-state index contributed by atoms with van der Waals surface area (Å²) in [7, 11) is 0. The lowest BCUT2D eigenvalue weighted by atomic mass is 11.0. The van der Waals surface area contributed by atoms with Crippen molar-refractivity contribution in [3.05, 3.63) is 13.2 Å². The highest BCUT2D eigenvalue weighted by Crippen LogP contribution is 1.94. The molecule has 0 aliphatic rings. The van der Waals surface area contributed by atoms with E-state index in [2.05, 4.69) is 25.8 Å². The van der Waals surface area contributed by atoms with Crippen LogP contribution in [0.2, 0.25) is 0 Å². The van der Waals surface area contributed by atoms with Crippen molar-refractivity contribution < 1.29 is 0 Å². The summed E-state index contributed by atoms with van der Waals surface area (Å²) >= 11 is 8.87. The van der Waals surface area contributed by atoms with Crippen LogP contribution in [0.15, 0.2) is 13.2 Å². The predicted octanol–water partition coefficient (Wildman–Crippen LogP) is 2.30. The Hall–Kier alpha value is 0.380. The molecule has 0 spiro atoms. The number of hydrogen-bond donors (Lipinski definition) is 1. The van der Waals surface area contributed by atoms with E-state index in [9.17, 15) is 0 Å². The van der Waals surface area contributed by atoms with Gasteiger partial charge in [0.15, 0.2) is 0 Å². The third-order valence-corrected chi connectivity index (χ3v) is 0. The van der Waals surface area contributed by atoms with Gasteiger partial charge in [0.1, 0.15) is 0 Å². The highest BCUT2D eigenvalue weighted by Gasteiger charge is 1.72. The topological polar surface area (TPSA) is 0 Å². The summed E-state index contributed by atoms with van der Waals surface area (Å²) in [5.41, 5.74) is 0. The highest BCUT2D eigenvalue weighted by molar-refractivity contribution is 7.82. The number of hydrogen-bond acceptors (Lipinski definition) is 1. The Labute approximate surface area is 49.6 Å². The van der Waals surface area contributed by atoms with Crippen LogP contribution in [0, 0.1) is 0 Å². The smallest absolute Gasteiger partial charge is 0.0731 e. The summed E-state index contributed by atoms with van der Waals surface area (Å²) in [6.07, 6.45) is 0. The van der Waals surface area contributed by atoms with Crippen LogP contribution in [-0.2, 0) is 0 Å². The SMILES string of the molecule is C=C.CC(S)Cl. The fraction of sp³-hybridized carbons (Fsp3) is 0.500. The highest BCUT2D eigenvalue weighted by atomic mass is 35.5. The van der Waals surface area contributed by atoms with Gasteiger partial charge < -0.3 is 0 Å². The van der Waals surface area contributed by atoms with Gasteiger partial charge in [-0.3, -0.25) is 0 Å². The first kappa shape index (κ1) is 9.63. The van der Waals surface area contributed by atoms with Gasteiger partial charge in [-0.25, -0.2) is 0 Å². The lowest BCUT2D eigenvalue weighted by Crippen LogP contribution is -1.63. The van der Waals surface area contributed by atoms with Gasteiger partial charge in [0.05, 0.1) is 4.71 Å². The minimum atomic E-state index is -0.000000000000000222. The van der Waals surface area contributed by atoms with E-state index in [1.165, 1.54) is 0 Å². The zero-order chi connectivity index (χ0) is 5.58. The molecule has 1 atom stereocenters. The fourth-order valence-corrected chi connectivity index (χ4v) is 0. The van der Waals surface area contributed by atoms with Crippen molar-refractivity contribution in [2.45, 2.75) is 11.6 Å². The normalized spacial score (nSPS) is 11.2. The second-order valence-electron chi connectivity index (χ2n) is 0.574. The number of alkyl halides is 1. The summed E-state index contributed by atoms with van der Waals surface area (Å²) < 4.78 is -0.000000000000000222. The lowest BCUT2D eigenvalue weighted by Gasteiger charge is -1.75. The van der Waals surface area contributed by atoms with Gasteiger partial charge in [0.2, 0.25) is 0 Å². The zero-order valence-corrected chi connectivity index (χ0v) is 5.47. The minimum Gasteiger partial charge on any atom is -0.160 e. The predicted molar refractivity (Wildman–Crippen MR) is 35.6 cm³/mol. The van der Waals surface area contributed by atoms with Crippen LogP contribution in [0.4, 0.5) is 0 Å². The molecule has 0 aliphatic carbocycles. The van der Waals surface area contributed by atoms with Crippen LogP contribution in [0.3, 0.4) is 0 Å². The molecule has 1 unspecified atom stereocenters. The Kier molecular flexibility index (Phi) is 14.5. The molecule has 0 N–H and O–H groups in total. The molecule has 0 nitrogen and oxygen atoms in total. The molecule has 0 aromatic carbocycles. The summed E-state index contributed by atoms with van der Waals surface area (Å²) in [6, 6.07) is 0. The summed E-state index contributed by atoms with van der Waals surface area (Å²) in [6.45, 7) is 7.80. The Balaban J connectivity index is 0. The first-order valence-electron chi connectivity index (χ1n) is 1.55. The van der Waals surface area contributed by atoms with E-state index in [0.717, 1.165) is 0 Å². The number of thiol groups is 1. The first-order chi connectivity index (χ1) is 2.73. The third-order valence-electron chi connectivity index (χ3n) is 0. The van der Waals surface area contributed by atoms with E-state index in [4.69, 9.17) is 11.6 Å². The summed E-state index contributed by atoms with van der Waals surface area (Å²) in [5.74, 6) is 0. The second kappa shape index (κ2) is 9.03. The molecule has 0 heterocycles. The maximum atomic E-state index is 5.14. The van der Waals surface area contributed by atoms with Gasteiger partial charge in [-0.1, -0.05) is 0 Å². The second-order valence-corrected chi connectivity index (χ2v) is 2.31. The molecule has 0 rings (SSSR count). The summed E-state index contributed by atoms with van der Waals surface area (Å²) in [4.78, 5) is 0. The largest absolute Gasteiger partial charge is 0.160 e. The molecular formula is C4H9ClS. The van der Waals surface area contributed by atoms with Gasteiger partial charge in [-0.2, -0.15) is 12.6 Å². The molecule has 0 amide bonds. The van der Waals surface area contributed by atoms with Crippen molar-refractivity contribution >= 4 is 24.2 Å². The molecule has 0 radical (unpaired) electrons. The van der Waals surface area contributed by atoms with Crippen LogP contribution < -0.4 is 0 Å². The van der Waals surface area contributed by atoms with Crippen LogP contribution in [0.1, 0.15) is 6.92 Å². The molecule has 0 saturated carbocycles. The van der Waals surface area contributed by atoms with Crippen molar-refractivity contribution in [1.82, 2.24) is 0 Å². The molecule has 0 saturated heterocycles. The fourth-order valence-electron chi connectivity index (χ4n) is 0. The Morgan fingerprint density at radius 3 is 1.67 bits per heavy atom. The van der Waals surface area contributed by atoms with Gasteiger partial charge in [-0.05, 0) is 6.92 Å². The molecular weight excluding hydrogens is 116 g/mol. The van der Waals surface area contributed by atoms with Crippen molar-refractivity contribution in [3.8, 4) is 0 Å². The average Bonchev–Trinajstić information content (AvgIpc) is 1.41. The van der Waals surface area contributed by atoms with E-state index >= 15 is 0 Å². The van der Waals surface area contributed by atoms with Gasteiger partial charge in [-0.15, -0.1) is 24.8 Å². The maximum Gasteiger partial charge on any atom is 0.0731 e. The molecule has 0 bridgehead atoms. The Bertz CT molecular complexity index is 18.8. The Morgan fingerprint density at radius 2 is 1.67 bits per heavy atom. The van der Waals surface area contributed by atoms with Gasteiger partial charge in [0.25, 0.3) is 0 Å². The quantitative estimate of drug-likeness (QED) is 0.286. The first-order valence-corrected chi connectivity index (χ1v) is 2.51. The van der Waals surface area contributed by atoms with Crippen LogP contribution in [0.5, 0.6) is 0 Å². The maximum absolute atomic E-state index is 5.14. The van der Waals surface area contributed by atoms with Crippen LogP contribution in [-0.4, -0.2) is 4.71 Å².